The van der Waals surface area contributed by atoms with E-state index in [4.69, 9.17) is 4.74 Å². The zero-order valence-electron chi connectivity index (χ0n) is 15.8. The number of hydrogen-bond acceptors (Lipinski definition) is 3. The topological polar surface area (TPSA) is 48.9 Å². The molecular formula is C17H37IN4O. The van der Waals surface area contributed by atoms with Crippen molar-refractivity contribution in [3.8, 4) is 0 Å². The molecule has 0 radical (unpaired) electrons. The molecule has 1 atom stereocenters. The van der Waals surface area contributed by atoms with Crippen LogP contribution in [0.5, 0.6) is 0 Å². The highest BCUT2D eigenvalue weighted by Gasteiger charge is 2.27. The molecule has 0 bridgehead atoms. The first-order chi connectivity index (χ1) is 10.4. The molecular weight excluding hydrogens is 403 g/mol. The third kappa shape index (κ3) is 9.10. The quantitative estimate of drug-likeness (QED) is 0.329. The predicted molar refractivity (Wildman–Crippen MR) is 110 cm³/mol. The van der Waals surface area contributed by atoms with Crippen LogP contribution in [-0.2, 0) is 4.74 Å². The van der Waals surface area contributed by atoms with Crippen molar-refractivity contribution in [1.82, 2.24) is 15.5 Å². The lowest BCUT2D eigenvalue weighted by Crippen LogP contribution is -2.43. The SMILES string of the molecule is CCNC(=NCC(OC)C(C)(C)C)NCCN(CC)C1CC1.I. The number of guanidine groups is 1. The maximum Gasteiger partial charge on any atom is 0.191 e. The van der Waals surface area contributed by atoms with Gasteiger partial charge in [0.2, 0.25) is 0 Å². The Morgan fingerprint density at radius 1 is 1.26 bits per heavy atom. The Labute approximate surface area is 160 Å². The molecule has 1 saturated carbocycles. The number of rotatable bonds is 9. The van der Waals surface area contributed by atoms with E-state index in [-0.39, 0.29) is 35.5 Å². The number of nitrogens with zero attached hydrogens (tertiary/aromatic N) is 2. The number of likely N-dealkylation sites (N-methyl/N-ethyl adjacent to an activating group) is 1. The first kappa shape index (κ1) is 22.9. The van der Waals surface area contributed by atoms with Gasteiger partial charge in [0.25, 0.3) is 0 Å². The second kappa shape index (κ2) is 11.5. The highest BCUT2D eigenvalue weighted by molar-refractivity contribution is 14.0. The molecule has 0 aromatic heterocycles. The Bertz CT molecular complexity index is 340. The van der Waals surface area contributed by atoms with Gasteiger partial charge < -0.3 is 15.4 Å². The van der Waals surface area contributed by atoms with Crippen molar-refractivity contribution in [2.24, 2.45) is 10.4 Å². The van der Waals surface area contributed by atoms with Gasteiger partial charge in [0, 0.05) is 32.8 Å². The molecule has 0 aromatic rings. The summed E-state index contributed by atoms with van der Waals surface area (Å²) in [5, 5.41) is 6.76. The smallest absolute Gasteiger partial charge is 0.191 e. The van der Waals surface area contributed by atoms with Crippen LogP contribution in [0.15, 0.2) is 4.99 Å². The number of hydrogen-bond donors (Lipinski definition) is 2. The number of methoxy groups -OCH3 is 1. The van der Waals surface area contributed by atoms with Gasteiger partial charge in [-0.2, -0.15) is 0 Å². The highest BCUT2D eigenvalue weighted by Crippen LogP contribution is 2.25. The fourth-order valence-electron chi connectivity index (χ4n) is 2.57. The Hall–Kier alpha value is -0.0800. The van der Waals surface area contributed by atoms with Crippen LogP contribution in [-0.4, -0.2) is 62.8 Å². The number of ether oxygens (including phenoxy) is 1. The van der Waals surface area contributed by atoms with Gasteiger partial charge in [-0.05, 0) is 31.7 Å². The first-order valence-corrected chi connectivity index (χ1v) is 8.71. The number of halogens is 1. The number of aliphatic imine (C=N–C) groups is 1. The van der Waals surface area contributed by atoms with Gasteiger partial charge in [-0.25, -0.2) is 0 Å². The van der Waals surface area contributed by atoms with Crippen LogP contribution in [0.25, 0.3) is 0 Å². The second-order valence-corrected chi connectivity index (χ2v) is 7.10. The highest BCUT2D eigenvalue weighted by atomic mass is 127. The zero-order valence-corrected chi connectivity index (χ0v) is 18.1. The second-order valence-electron chi connectivity index (χ2n) is 7.10. The van der Waals surface area contributed by atoms with E-state index in [1.807, 2.05) is 0 Å². The van der Waals surface area contributed by atoms with Crippen LogP contribution in [0.4, 0.5) is 0 Å². The van der Waals surface area contributed by atoms with Gasteiger partial charge in [0.15, 0.2) is 5.96 Å². The zero-order chi connectivity index (χ0) is 16.6. The largest absolute Gasteiger partial charge is 0.379 e. The monoisotopic (exact) mass is 440 g/mol. The van der Waals surface area contributed by atoms with E-state index in [2.05, 4.69) is 55.1 Å². The molecule has 23 heavy (non-hydrogen) atoms. The third-order valence-electron chi connectivity index (χ3n) is 4.17. The van der Waals surface area contributed by atoms with E-state index in [0.29, 0.717) is 6.54 Å². The fraction of sp³-hybridized carbons (Fsp3) is 0.941. The summed E-state index contributed by atoms with van der Waals surface area (Å²) in [6.45, 7) is 15.6. The van der Waals surface area contributed by atoms with Crippen LogP contribution in [0.2, 0.25) is 0 Å². The lowest BCUT2D eigenvalue weighted by atomic mass is 9.89. The summed E-state index contributed by atoms with van der Waals surface area (Å²) in [6.07, 6.45) is 2.85. The van der Waals surface area contributed by atoms with Gasteiger partial charge in [0.05, 0.1) is 12.6 Å². The van der Waals surface area contributed by atoms with Crippen LogP contribution in [0.3, 0.4) is 0 Å². The molecule has 0 aliphatic heterocycles. The lowest BCUT2D eigenvalue weighted by molar-refractivity contribution is 0.0241. The molecule has 0 aromatic carbocycles. The normalized spacial score (nSPS) is 16.9. The van der Waals surface area contributed by atoms with Crippen molar-refractivity contribution in [3.05, 3.63) is 0 Å². The molecule has 5 nitrogen and oxygen atoms in total. The molecule has 0 amide bonds. The van der Waals surface area contributed by atoms with Gasteiger partial charge >= 0.3 is 0 Å². The summed E-state index contributed by atoms with van der Waals surface area (Å²) < 4.78 is 5.57. The average molecular weight is 440 g/mol. The van der Waals surface area contributed by atoms with E-state index in [1.54, 1.807) is 7.11 Å². The molecule has 0 heterocycles. The van der Waals surface area contributed by atoms with Gasteiger partial charge in [-0.3, -0.25) is 9.89 Å². The molecule has 6 heteroatoms. The Kier molecular flexibility index (Phi) is 11.4. The minimum Gasteiger partial charge on any atom is -0.379 e. The summed E-state index contributed by atoms with van der Waals surface area (Å²) in [4.78, 5) is 7.23. The van der Waals surface area contributed by atoms with Gasteiger partial charge in [-0.1, -0.05) is 27.7 Å². The van der Waals surface area contributed by atoms with Crippen molar-refractivity contribution < 1.29 is 4.74 Å². The van der Waals surface area contributed by atoms with Crippen molar-refractivity contribution in [3.63, 3.8) is 0 Å². The fourth-order valence-corrected chi connectivity index (χ4v) is 2.57. The third-order valence-corrected chi connectivity index (χ3v) is 4.17. The predicted octanol–water partition coefficient (Wildman–Crippen LogP) is 2.70. The number of nitrogens with one attached hydrogen (secondary N) is 2. The summed E-state index contributed by atoms with van der Waals surface area (Å²) in [7, 11) is 1.76. The maximum atomic E-state index is 5.57. The molecule has 1 unspecified atom stereocenters. The molecule has 1 aliphatic rings. The molecule has 2 N–H and O–H groups in total. The lowest BCUT2D eigenvalue weighted by Gasteiger charge is -2.28. The molecule has 1 fully saturated rings. The van der Waals surface area contributed by atoms with Gasteiger partial charge in [-0.15, -0.1) is 24.0 Å². The molecule has 1 rings (SSSR count). The Morgan fingerprint density at radius 2 is 1.91 bits per heavy atom. The van der Waals surface area contributed by atoms with Crippen molar-refractivity contribution in [2.75, 3.05) is 39.8 Å². The maximum absolute atomic E-state index is 5.57. The summed E-state index contributed by atoms with van der Waals surface area (Å²) >= 11 is 0. The van der Waals surface area contributed by atoms with Crippen LogP contribution in [0, 0.1) is 5.41 Å². The van der Waals surface area contributed by atoms with E-state index in [1.165, 1.54) is 12.8 Å². The molecule has 138 valence electrons. The van der Waals surface area contributed by atoms with Crippen molar-refractivity contribution in [2.45, 2.75) is 59.6 Å². The van der Waals surface area contributed by atoms with E-state index >= 15 is 0 Å². The Morgan fingerprint density at radius 3 is 2.35 bits per heavy atom. The van der Waals surface area contributed by atoms with Crippen LogP contribution in [0.1, 0.15) is 47.5 Å². The van der Waals surface area contributed by atoms with Crippen LogP contribution >= 0.6 is 24.0 Å². The van der Waals surface area contributed by atoms with Crippen LogP contribution < -0.4 is 10.6 Å². The van der Waals surface area contributed by atoms with Crippen molar-refractivity contribution >= 4 is 29.9 Å². The molecule has 0 spiro atoms. The average Bonchev–Trinajstić information content (AvgIpc) is 3.27. The van der Waals surface area contributed by atoms with E-state index in [0.717, 1.165) is 38.2 Å². The summed E-state index contributed by atoms with van der Waals surface area (Å²) in [6, 6.07) is 0.824. The first-order valence-electron chi connectivity index (χ1n) is 8.71. The molecule has 1 aliphatic carbocycles. The Balaban J connectivity index is 0.00000484. The summed E-state index contributed by atoms with van der Waals surface area (Å²) in [5.74, 6) is 0.889. The van der Waals surface area contributed by atoms with E-state index < -0.39 is 0 Å². The minimum atomic E-state index is 0. The molecule has 0 saturated heterocycles. The minimum absolute atomic E-state index is 0. The summed E-state index contributed by atoms with van der Waals surface area (Å²) in [5.41, 5.74) is 0.0978. The van der Waals surface area contributed by atoms with E-state index in [9.17, 15) is 0 Å². The standard InChI is InChI=1S/C17H36N4O.HI/c1-7-18-16(20-13-15(22-6)17(3,4)5)19-11-12-21(8-2)14-9-10-14;/h14-15H,7-13H2,1-6H3,(H2,18,19,20);1H. The van der Waals surface area contributed by atoms with Gasteiger partial charge in [0.1, 0.15) is 0 Å². The van der Waals surface area contributed by atoms with Crippen molar-refractivity contribution in [1.29, 1.82) is 0 Å².